The van der Waals surface area contributed by atoms with Gasteiger partial charge in [-0.15, -0.1) is 0 Å². The topological polar surface area (TPSA) is 38.3 Å². The highest BCUT2D eigenvalue weighted by Crippen LogP contribution is 2.07. The van der Waals surface area contributed by atoms with E-state index in [1.165, 1.54) is 0 Å². The molecule has 1 amide bonds. The quantitative estimate of drug-likeness (QED) is 0.514. The van der Waals surface area contributed by atoms with Crippen LogP contribution in [0.25, 0.3) is 0 Å². The summed E-state index contributed by atoms with van der Waals surface area (Å²) in [6.45, 7) is 0.956. The first-order chi connectivity index (χ1) is 5.93. The second kappa shape index (κ2) is 5.18. The monoisotopic (exact) mass is 164 g/mol. The molecule has 0 fully saturated rings. The normalized spacial score (nSPS) is 9.00. The Kier molecular flexibility index (Phi) is 3.71. The van der Waals surface area contributed by atoms with Crippen molar-refractivity contribution < 1.29 is 9.53 Å². The molecular weight excluding hydrogens is 154 g/mol. The largest absolute Gasteiger partial charge is 0.492 e. The maximum atomic E-state index is 9.72. The van der Waals surface area contributed by atoms with E-state index >= 15 is 0 Å². The molecule has 0 aliphatic rings. The average Bonchev–Trinajstić information content (AvgIpc) is 2.14. The van der Waals surface area contributed by atoms with Gasteiger partial charge in [0.1, 0.15) is 12.4 Å². The van der Waals surface area contributed by atoms with Crippen LogP contribution in [-0.2, 0) is 4.79 Å². The first-order valence-electron chi connectivity index (χ1n) is 3.71. The smallest absolute Gasteiger partial charge is 0.309 e. The van der Waals surface area contributed by atoms with Crippen molar-refractivity contribution in [2.24, 2.45) is 0 Å². The van der Waals surface area contributed by atoms with Crippen LogP contribution in [0.4, 0.5) is 0 Å². The summed E-state index contributed by atoms with van der Waals surface area (Å²) in [6, 6.07) is 9.45. The van der Waals surface area contributed by atoms with Crippen LogP contribution in [0, 0.1) is 0 Å². The number of hydrogen-bond donors (Lipinski definition) is 1. The number of para-hydroxylation sites is 1. The van der Waals surface area contributed by atoms with Crippen molar-refractivity contribution >= 4 is 6.41 Å². The molecule has 3 heteroatoms. The number of hydrogen-bond acceptors (Lipinski definition) is 2. The van der Waals surface area contributed by atoms with Crippen LogP contribution in [0.5, 0.6) is 5.75 Å². The molecule has 1 N–H and O–H groups in total. The predicted molar refractivity (Wildman–Crippen MR) is 45.6 cm³/mol. The summed E-state index contributed by atoms with van der Waals surface area (Å²) >= 11 is 0. The van der Waals surface area contributed by atoms with Crippen molar-refractivity contribution in [3.05, 3.63) is 30.3 Å². The van der Waals surface area contributed by atoms with E-state index in [9.17, 15) is 4.79 Å². The molecule has 1 radical (unpaired) electrons. The number of nitrogens with one attached hydrogen (secondary N) is 1. The van der Waals surface area contributed by atoms with Crippen molar-refractivity contribution in [3.8, 4) is 5.75 Å². The Bertz CT molecular complexity index is 223. The van der Waals surface area contributed by atoms with E-state index in [1.807, 2.05) is 30.3 Å². The molecule has 0 bridgehead atoms. The molecule has 0 aliphatic carbocycles. The zero-order valence-corrected chi connectivity index (χ0v) is 6.62. The Morgan fingerprint density at radius 2 is 2.08 bits per heavy atom. The number of rotatable bonds is 5. The van der Waals surface area contributed by atoms with Gasteiger partial charge in [0.15, 0.2) is 0 Å². The van der Waals surface area contributed by atoms with Gasteiger partial charge in [0, 0.05) is 0 Å². The Morgan fingerprint density at radius 3 is 2.75 bits per heavy atom. The van der Waals surface area contributed by atoms with Crippen LogP contribution in [0.1, 0.15) is 0 Å². The van der Waals surface area contributed by atoms with E-state index in [1.54, 1.807) is 6.41 Å². The van der Waals surface area contributed by atoms with Gasteiger partial charge in [-0.1, -0.05) is 18.2 Å². The molecule has 0 saturated heterocycles. The first-order valence-corrected chi connectivity index (χ1v) is 3.71. The summed E-state index contributed by atoms with van der Waals surface area (Å²) in [5.41, 5.74) is 0. The minimum absolute atomic E-state index is 0.471. The Labute approximate surface area is 71.4 Å². The number of carbonyl (C=O) groups excluding carboxylic acids is 1. The van der Waals surface area contributed by atoms with Gasteiger partial charge in [-0.3, -0.25) is 4.79 Å². The molecule has 3 nitrogen and oxygen atoms in total. The number of amides is 1. The zero-order valence-electron chi connectivity index (χ0n) is 6.62. The fraction of sp³-hybridized carbons (Fsp3) is 0.222. The Balaban J connectivity index is 2.20. The third-order valence-corrected chi connectivity index (χ3v) is 1.31. The molecule has 12 heavy (non-hydrogen) atoms. The molecule has 0 aromatic heterocycles. The highest BCUT2D eigenvalue weighted by molar-refractivity contribution is 5.46. The lowest BCUT2D eigenvalue weighted by Gasteiger charge is -2.03. The van der Waals surface area contributed by atoms with Crippen LogP contribution in [-0.4, -0.2) is 19.6 Å². The fourth-order valence-electron chi connectivity index (χ4n) is 0.788. The van der Waals surface area contributed by atoms with E-state index < -0.39 is 0 Å². The van der Waals surface area contributed by atoms with Crippen molar-refractivity contribution in [2.45, 2.75) is 0 Å². The average molecular weight is 164 g/mol. The SMILES string of the molecule is O=[C]NCCOc1ccccc1. The van der Waals surface area contributed by atoms with Gasteiger partial charge < -0.3 is 10.1 Å². The van der Waals surface area contributed by atoms with Gasteiger partial charge in [0.05, 0.1) is 6.54 Å². The highest BCUT2D eigenvalue weighted by Gasteiger charge is 1.89. The molecule has 0 atom stereocenters. The molecule has 0 aliphatic heterocycles. The summed E-state index contributed by atoms with van der Waals surface area (Å²) in [5.74, 6) is 0.810. The van der Waals surface area contributed by atoms with Crippen LogP contribution in [0.2, 0.25) is 0 Å². The van der Waals surface area contributed by atoms with Gasteiger partial charge >= 0.3 is 6.41 Å². The standard InChI is InChI=1S/C9H10NO2/c11-8-10-6-7-12-9-4-2-1-3-5-9/h1-5H,6-7H2,(H,10,11). The number of ether oxygens (including phenoxy) is 1. The first kappa shape index (κ1) is 8.59. The van der Waals surface area contributed by atoms with Crippen LogP contribution in [0.15, 0.2) is 30.3 Å². The summed E-state index contributed by atoms with van der Waals surface area (Å²) in [4.78, 5) is 9.72. The van der Waals surface area contributed by atoms with E-state index in [4.69, 9.17) is 4.74 Å². The third-order valence-electron chi connectivity index (χ3n) is 1.31. The molecule has 1 rings (SSSR count). The summed E-state index contributed by atoms with van der Waals surface area (Å²) < 4.78 is 5.27. The predicted octanol–water partition coefficient (Wildman–Crippen LogP) is 0.722. The summed E-state index contributed by atoms with van der Waals surface area (Å²) in [5, 5.41) is 2.39. The Morgan fingerprint density at radius 1 is 1.33 bits per heavy atom. The van der Waals surface area contributed by atoms with Gasteiger partial charge in [0.2, 0.25) is 0 Å². The van der Waals surface area contributed by atoms with Crippen molar-refractivity contribution in [2.75, 3.05) is 13.2 Å². The molecule has 0 unspecified atom stereocenters. The number of benzene rings is 1. The van der Waals surface area contributed by atoms with E-state index in [-0.39, 0.29) is 0 Å². The molecule has 1 aromatic carbocycles. The van der Waals surface area contributed by atoms with Crippen LogP contribution >= 0.6 is 0 Å². The molecule has 0 heterocycles. The van der Waals surface area contributed by atoms with E-state index in [0.29, 0.717) is 13.2 Å². The molecule has 1 aromatic rings. The maximum absolute atomic E-state index is 9.72. The third kappa shape index (κ3) is 3.05. The lowest BCUT2D eigenvalue weighted by molar-refractivity contribution is 0.321. The molecule has 0 spiro atoms. The maximum Gasteiger partial charge on any atom is 0.309 e. The Hall–Kier alpha value is -1.51. The lowest BCUT2D eigenvalue weighted by Crippen LogP contribution is -2.18. The van der Waals surface area contributed by atoms with Gasteiger partial charge in [-0.25, -0.2) is 0 Å². The minimum atomic E-state index is 0.471. The van der Waals surface area contributed by atoms with E-state index in [0.717, 1.165) is 5.75 Å². The second-order valence-corrected chi connectivity index (χ2v) is 2.19. The lowest BCUT2D eigenvalue weighted by atomic mass is 10.3. The molecular formula is C9H10NO2. The minimum Gasteiger partial charge on any atom is -0.492 e. The van der Waals surface area contributed by atoms with Gasteiger partial charge in [-0.05, 0) is 12.1 Å². The zero-order chi connectivity index (χ0) is 8.65. The molecule has 0 saturated carbocycles. The van der Waals surface area contributed by atoms with Gasteiger partial charge in [-0.2, -0.15) is 0 Å². The van der Waals surface area contributed by atoms with E-state index in [2.05, 4.69) is 5.32 Å². The second-order valence-electron chi connectivity index (χ2n) is 2.19. The van der Waals surface area contributed by atoms with Crippen molar-refractivity contribution in [1.82, 2.24) is 5.32 Å². The fourth-order valence-corrected chi connectivity index (χ4v) is 0.788. The van der Waals surface area contributed by atoms with Crippen LogP contribution < -0.4 is 10.1 Å². The summed E-state index contributed by atoms with van der Waals surface area (Å²) in [6.07, 6.45) is 1.57. The summed E-state index contributed by atoms with van der Waals surface area (Å²) in [7, 11) is 0. The van der Waals surface area contributed by atoms with Crippen molar-refractivity contribution in [3.63, 3.8) is 0 Å². The van der Waals surface area contributed by atoms with Gasteiger partial charge in [0.25, 0.3) is 0 Å². The molecule has 63 valence electrons. The highest BCUT2D eigenvalue weighted by atomic mass is 16.5. The van der Waals surface area contributed by atoms with Crippen LogP contribution in [0.3, 0.4) is 0 Å². The van der Waals surface area contributed by atoms with Crippen molar-refractivity contribution in [1.29, 1.82) is 0 Å².